The van der Waals surface area contributed by atoms with Gasteiger partial charge in [-0.25, -0.2) is 4.98 Å². The molecule has 2 rings (SSSR count). The van der Waals surface area contributed by atoms with Crippen LogP contribution in [0.25, 0.3) is 11.1 Å². The van der Waals surface area contributed by atoms with Crippen LogP contribution in [0.4, 0.5) is 0 Å². The van der Waals surface area contributed by atoms with Gasteiger partial charge in [0.25, 0.3) is 11.5 Å². The molecule has 0 saturated carbocycles. The van der Waals surface area contributed by atoms with Gasteiger partial charge in [-0.15, -0.1) is 0 Å². The van der Waals surface area contributed by atoms with Crippen molar-refractivity contribution in [1.82, 2.24) is 14.9 Å². The maximum Gasteiger partial charge on any atom is 0.265 e. The van der Waals surface area contributed by atoms with E-state index in [1.165, 1.54) is 10.9 Å². The summed E-state index contributed by atoms with van der Waals surface area (Å²) in [6.45, 7) is 11.2. The Morgan fingerprint density at radius 2 is 2.08 bits per heavy atom. The van der Waals surface area contributed by atoms with Gasteiger partial charge in [-0.05, 0) is 33.1 Å². The minimum atomic E-state index is -0.318. The van der Waals surface area contributed by atoms with Gasteiger partial charge in [0.2, 0.25) is 5.71 Å². The maximum atomic E-state index is 12.7. The first-order valence-corrected chi connectivity index (χ1v) is 8.69. The van der Waals surface area contributed by atoms with Crippen molar-refractivity contribution in [2.24, 2.45) is 5.92 Å². The fourth-order valence-electron chi connectivity index (χ4n) is 2.62. The van der Waals surface area contributed by atoms with E-state index in [0.717, 1.165) is 0 Å². The third-order valence-electron chi connectivity index (χ3n) is 3.70. The highest BCUT2D eigenvalue weighted by Crippen LogP contribution is 2.20. The molecule has 0 spiro atoms. The van der Waals surface area contributed by atoms with E-state index >= 15 is 0 Å². The number of carbonyl (C=O) groups excluding carboxylic acids is 1. The number of fused-ring (bicyclic) bond motifs is 1. The summed E-state index contributed by atoms with van der Waals surface area (Å²) in [5.74, 6) is 0.378. The van der Waals surface area contributed by atoms with Gasteiger partial charge >= 0.3 is 0 Å². The van der Waals surface area contributed by atoms with Crippen LogP contribution in [0, 0.1) is 12.8 Å². The summed E-state index contributed by atoms with van der Waals surface area (Å²) in [5.41, 5.74) is 0.232. The Kier molecular flexibility index (Phi) is 6.36. The van der Waals surface area contributed by atoms with E-state index in [2.05, 4.69) is 10.3 Å². The highest BCUT2D eigenvalue weighted by Gasteiger charge is 2.22. The quantitative estimate of drug-likeness (QED) is 0.740. The number of nitrogens with one attached hydrogen (secondary N) is 1. The molecule has 2 aromatic heterocycles. The van der Waals surface area contributed by atoms with Gasteiger partial charge in [0.15, 0.2) is 0 Å². The van der Waals surface area contributed by atoms with Crippen LogP contribution in [0.2, 0.25) is 0 Å². The highest BCUT2D eigenvalue weighted by atomic mass is 16.5. The predicted molar refractivity (Wildman–Crippen MR) is 95.9 cm³/mol. The predicted octanol–water partition coefficient (Wildman–Crippen LogP) is 2.50. The van der Waals surface area contributed by atoms with Gasteiger partial charge in [-0.3, -0.25) is 14.2 Å². The lowest BCUT2D eigenvalue weighted by atomic mass is 10.1. The Hall–Kier alpha value is -2.15. The van der Waals surface area contributed by atoms with E-state index in [1.54, 1.807) is 6.92 Å². The molecule has 0 unspecified atom stereocenters. The van der Waals surface area contributed by atoms with E-state index in [1.807, 2.05) is 27.7 Å². The molecule has 0 aliphatic heterocycles. The average Bonchev–Trinajstić information content (AvgIpc) is 2.86. The first-order chi connectivity index (χ1) is 11.8. The lowest BCUT2D eigenvalue weighted by Gasteiger charge is -2.09. The fraction of sp³-hybridized carbons (Fsp3) is 0.611. The average molecular weight is 349 g/mol. The molecule has 0 aliphatic rings. The third-order valence-corrected chi connectivity index (χ3v) is 3.70. The molecule has 138 valence electrons. The molecule has 0 aliphatic carbocycles. The number of aromatic nitrogens is 2. The fourth-order valence-corrected chi connectivity index (χ4v) is 2.62. The van der Waals surface area contributed by atoms with Crippen molar-refractivity contribution in [2.45, 2.75) is 53.7 Å². The molecular formula is C18H27N3O4. The topological polar surface area (TPSA) is 86.4 Å². The molecule has 0 radical (unpaired) electrons. The van der Waals surface area contributed by atoms with Crippen molar-refractivity contribution in [1.29, 1.82) is 0 Å². The zero-order valence-corrected chi connectivity index (χ0v) is 15.6. The number of hydrogen-bond acceptors (Lipinski definition) is 5. The lowest BCUT2D eigenvalue weighted by Crippen LogP contribution is -2.28. The summed E-state index contributed by atoms with van der Waals surface area (Å²) < 4.78 is 12.5. The summed E-state index contributed by atoms with van der Waals surface area (Å²) in [5, 5.41) is 3.07. The third kappa shape index (κ3) is 4.69. The van der Waals surface area contributed by atoms with Gasteiger partial charge in [0.05, 0.1) is 11.7 Å². The zero-order valence-electron chi connectivity index (χ0n) is 15.6. The van der Waals surface area contributed by atoms with Crippen molar-refractivity contribution in [3.63, 3.8) is 0 Å². The van der Waals surface area contributed by atoms with Crippen molar-refractivity contribution in [3.05, 3.63) is 28.0 Å². The lowest BCUT2D eigenvalue weighted by molar-refractivity contribution is 0.0757. The molecule has 1 N–H and O–H groups in total. The highest BCUT2D eigenvalue weighted by molar-refractivity contribution is 6.06. The van der Waals surface area contributed by atoms with Gasteiger partial charge in [0, 0.05) is 19.7 Å². The molecule has 2 heterocycles. The minimum Gasteiger partial charge on any atom is -0.442 e. The van der Waals surface area contributed by atoms with Gasteiger partial charge in [-0.1, -0.05) is 13.8 Å². The molecular weight excluding hydrogens is 322 g/mol. The standard InChI is InChI=1S/C18H27N3O4/c1-11(2)9-21-10-20-17-15(18(21)23)14(13(5)25-17)16(22)19-7-6-8-24-12(3)4/h10-12H,6-9H2,1-5H3,(H,19,22). The van der Waals surface area contributed by atoms with Crippen LogP contribution in [0.5, 0.6) is 0 Å². The normalized spacial score (nSPS) is 11.6. The minimum absolute atomic E-state index is 0.168. The summed E-state index contributed by atoms with van der Waals surface area (Å²) >= 11 is 0. The molecule has 25 heavy (non-hydrogen) atoms. The summed E-state index contributed by atoms with van der Waals surface area (Å²) in [7, 11) is 0. The number of nitrogens with zero attached hydrogens (tertiary/aromatic N) is 2. The number of hydrogen-bond donors (Lipinski definition) is 1. The number of aryl methyl sites for hydroxylation is 1. The second-order valence-electron chi connectivity index (χ2n) is 6.84. The number of carbonyl (C=O) groups is 1. The van der Waals surface area contributed by atoms with Crippen LogP contribution < -0.4 is 10.9 Å². The first-order valence-electron chi connectivity index (χ1n) is 8.69. The number of rotatable bonds is 8. The summed E-state index contributed by atoms with van der Waals surface area (Å²) in [6.07, 6.45) is 2.34. The number of furan rings is 1. The van der Waals surface area contributed by atoms with E-state index in [0.29, 0.717) is 37.8 Å². The van der Waals surface area contributed by atoms with Crippen LogP contribution in [-0.2, 0) is 11.3 Å². The second kappa shape index (κ2) is 8.29. The zero-order chi connectivity index (χ0) is 18.6. The Labute approximate surface area is 147 Å². The molecule has 0 saturated heterocycles. The van der Waals surface area contributed by atoms with Gasteiger partial charge in [-0.2, -0.15) is 0 Å². The van der Waals surface area contributed by atoms with E-state index in [9.17, 15) is 9.59 Å². The van der Waals surface area contributed by atoms with E-state index in [-0.39, 0.29) is 34.2 Å². The van der Waals surface area contributed by atoms with Crippen molar-refractivity contribution in [2.75, 3.05) is 13.2 Å². The van der Waals surface area contributed by atoms with E-state index in [4.69, 9.17) is 9.15 Å². The number of ether oxygens (including phenoxy) is 1. The molecule has 1 amide bonds. The molecule has 0 bridgehead atoms. The number of amides is 1. The summed E-state index contributed by atoms with van der Waals surface area (Å²) in [4.78, 5) is 29.4. The van der Waals surface area contributed by atoms with Crippen molar-refractivity contribution >= 4 is 17.0 Å². The monoisotopic (exact) mass is 349 g/mol. The van der Waals surface area contributed by atoms with Gasteiger partial charge in [0.1, 0.15) is 17.5 Å². The Morgan fingerprint density at radius 3 is 2.72 bits per heavy atom. The largest absolute Gasteiger partial charge is 0.442 e. The SMILES string of the molecule is Cc1oc2ncn(CC(C)C)c(=O)c2c1C(=O)NCCCOC(C)C. The van der Waals surface area contributed by atoms with Crippen LogP contribution in [0.1, 0.15) is 50.2 Å². The molecule has 2 aromatic rings. The van der Waals surface area contributed by atoms with E-state index < -0.39 is 0 Å². The maximum absolute atomic E-state index is 12.7. The Bertz CT molecular complexity index is 789. The second-order valence-corrected chi connectivity index (χ2v) is 6.84. The summed E-state index contributed by atoms with van der Waals surface area (Å²) in [6, 6.07) is 0. The molecule has 0 fully saturated rings. The first kappa shape index (κ1) is 19.2. The van der Waals surface area contributed by atoms with Gasteiger partial charge < -0.3 is 14.5 Å². The van der Waals surface area contributed by atoms with Crippen molar-refractivity contribution < 1.29 is 13.9 Å². The smallest absolute Gasteiger partial charge is 0.265 e. The molecule has 7 nitrogen and oxygen atoms in total. The van der Waals surface area contributed by atoms with Crippen LogP contribution >= 0.6 is 0 Å². The molecule has 0 atom stereocenters. The Morgan fingerprint density at radius 1 is 1.36 bits per heavy atom. The van der Waals surface area contributed by atoms with Crippen LogP contribution in [0.15, 0.2) is 15.5 Å². The van der Waals surface area contributed by atoms with Crippen molar-refractivity contribution in [3.8, 4) is 0 Å². The molecule has 7 heteroatoms. The Balaban J connectivity index is 2.20. The molecule has 0 aromatic carbocycles. The van der Waals surface area contributed by atoms with Crippen LogP contribution in [-0.4, -0.2) is 34.7 Å². The van der Waals surface area contributed by atoms with Crippen LogP contribution in [0.3, 0.4) is 0 Å².